The number of hydrogen-bond donors (Lipinski definition) is 2. The van der Waals surface area contributed by atoms with Crippen molar-refractivity contribution in [1.29, 1.82) is 5.26 Å². The monoisotopic (exact) mass is 290 g/mol. The lowest BCUT2D eigenvalue weighted by Crippen LogP contribution is -2.39. The lowest BCUT2D eigenvalue weighted by molar-refractivity contribution is -0.384. The van der Waals surface area contributed by atoms with Crippen molar-refractivity contribution in [2.24, 2.45) is 0 Å². The van der Waals surface area contributed by atoms with Crippen molar-refractivity contribution in [3.8, 4) is 6.07 Å². The van der Waals surface area contributed by atoms with Crippen molar-refractivity contribution >= 4 is 11.4 Å². The zero-order chi connectivity index (χ0) is 15.2. The second kappa shape index (κ2) is 7.02. The first-order valence-corrected chi connectivity index (χ1v) is 6.93. The quantitative estimate of drug-likeness (QED) is 0.599. The number of nitro groups is 1. The molecule has 1 heterocycles. The van der Waals surface area contributed by atoms with Crippen LogP contribution in [-0.4, -0.2) is 42.3 Å². The average Bonchev–Trinajstić information content (AvgIpc) is 2.99. The van der Waals surface area contributed by atoms with Gasteiger partial charge in [-0.15, -0.1) is 0 Å². The van der Waals surface area contributed by atoms with Gasteiger partial charge in [0.2, 0.25) is 0 Å². The molecule has 1 aliphatic heterocycles. The highest BCUT2D eigenvalue weighted by Gasteiger charge is 2.24. The summed E-state index contributed by atoms with van der Waals surface area (Å²) in [5.74, 6) is 0. The van der Waals surface area contributed by atoms with E-state index in [9.17, 15) is 15.2 Å². The molecule has 7 heteroatoms. The van der Waals surface area contributed by atoms with Gasteiger partial charge in [0.15, 0.2) is 0 Å². The van der Waals surface area contributed by atoms with Crippen LogP contribution in [0.1, 0.15) is 18.4 Å². The Labute approximate surface area is 122 Å². The maximum atomic E-state index is 11.2. The molecule has 2 N–H and O–H groups in total. The molecule has 0 amide bonds. The molecule has 1 aromatic rings. The summed E-state index contributed by atoms with van der Waals surface area (Å²) in [6.07, 6.45) is 2.11. The van der Waals surface area contributed by atoms with E-state index in [1.54, 1.807) is 12.1 Å². The molecule has 1 unspecified atom stereocenters. The van der Waals surface area contributed by atoms with Crippen LogP contribution < -0.4 is 10.2 Å². The predicted molar refractivity (Wildman–Crippen MR) is 78.1 cm³/mol. The summed E-state index contributed by atoms with van der Waals surface area (Å²) in [6.45, 7) is 1.80. The summed E-state index contributed by atoms with van der Waals surface area (Å²) in [7, 11) is 0. The molecule has 1 saturated heterocycles. The van der Waals surface area contributed by atoms with E-state index in [-0.39, 0.29) is 23.9 Å². The van der Waals surface area contributed by atoms with Crippen molar-refractivity contribution < 1.29 is 10.0 Å². The van der Waals surface area contributed by atoms with Crippen LogP contribution in [0.5, 0.6) is 0 Å². The maximum absolute atomic E-state index is 11.2. The molecule has 1 fully saturated rings. The topological polar surface area (TPSA) is 102 Å². The first kappa shape index (κ1) is 15.2. The molecule has 112 valence electrons. The van der Waals surface area contributed by atoms with E-state index in [1.807, 2.05) is 11.0 Å². The van der Waals surface area contributed by atoms with Crippen molar-refractivity contribution in [1.82, 2.24) is 5.32 Å². The maximum Gasteiger partial charge on any atom is 0.293 e. The molecule has 1 aromatic carbocycles. The fourth-order valence-electron chi connectivity index (χ4n) is 2.62. The summed E-state index contributed by atoms with van der Waals surface area (Å²) in [5, 5.41) is 32.7. The zero-order valence-corrected chi connectivity index (χ0v) is 11.7. The molecule has 0 saturated carbocycles. The molecule has 1 atom stereocenters. The van der Waals surface area contributed by atoms with E-state index < -0.39 is 4.92 Å². The number of nitriles is 1. The summed E-state index contributed by atoms with van der Waals surface area (Å²) >= 11 is 0. The Balaban J connectivity index is 2.29. The number of benzene rings is 1. The summed E-state index contributed by atoms with van der Waals surface area (Å²) in [6, 6.07) is 6.61. The minimum Gasteiger partial charge on any atom is -0.395 e. The average molecular weight is 290 g/mol. The van der Waals surface area contributed by atoms with Crippen molar-refractivity contribution in [3.05, 3.63) is 33.9 Å². The van der Waals surface area contributed by atoms with Crippen LogP contribution in [0.4, 0.5) is 11.4 Å². The molecule has 0 aromatic heterocycles. The summed E-state index contributed by atoms with van der Waals surface area (Å²) < 4.78 is 0. The molecule has 2 rings (SSSR count). The fourth-order valence-corrected chi connectivity index (χ4v) is 2.62. The number of aliphatic hydroxyl groups excluding tert-OH is 1. The Morgan fingerprint density at radius 2 is 2.38 bits per heavy atom. The molecule has 0 spiro atoms. The molecule has 0 aliphatic carbocycles. The number of nitrogens with one attached hydrogen (secondary N) is 1. The Kier molecular flexibility index (Phi) is 5.09. The minimum atomic E-state index is -0.484. The fraction of sp³-hybridized carbons (Fsp3) is 0.500. The second-order valence-electron chi connectivity index (χ2n) is 5.04. The minimum absolute atomic E-state index is 0.0795. The normalized spacial score (nSPS) is 17.4. The lowest BCUT2D eigenvalue weighted by atomic mass is 10.1. The Bertz CT molecular complexity index is 550. The van der Waals surface area contributed by atoms with Gasteiger partial charge in [0.25, 0.3) is 5.69 Å². The number of aliphatic hydroxyl groups is 1. The smallest absolute Gasteiger partial charge is 0.293 e. The molecule has 0 radical (unpaired) electrons. The third-order valence-electron chi connectivity index (χ3n) is 3.61. The zero-order valence-electron chi connectivity index (χ0n) is 11.7. The third-order valence-corrected chi connectivity index (χ3v) is 3.61. The van der Waals surface area contributed by atoms with Gasteiger partial charge in [0, 0.05) is 25.2 Å². The Hall–Kier alpha value is -2.17. The molecule has 0 bridgehead atoms. The first-order valence-electron chi connectivity index (χ1n) is 6.93. The highest BCUT2D eigenvalue weighted by atomic mass is 16.6. The molecule has 21 heavy (non-hydrogen) atoms. The number of hydrogen-bond acceptors (Lipinski definition) is 6. The van der Waals surface area contributed by atoms with Gasteiger partial charge in [-0.05, 0) is 31.5 Å². The van der Waals surface area contributed by atoms with Crippen LogP contribution in [0.15, 0.2) is 18.2 Å². The highest BCUT2D eigenvalue weighted by Crippen LogP contribution is 2.29. The van der Waals surface area contributed by atoms with Gasteiger partial charge in [-0.3, -0.25) is 10.1 Å². The van der Waals surface area contributed by atoms with Gasteiger partial charge in [-0.2, -0.15) is 5.26 Å². The number of anilines is 1. The van der Waals surface area contributed by atoms with Gasteiger partial charge in [0.05, 0.1) is 23.2 Å². The second-order valence-corrected chi connectivity index (χ2v) is 5.04. The Morgan fingerprint density at radius 1 is 1.57 bits per heavy atom. The van der Waals surface area contributed by atoms with Gasteiger partial charge >= 0.3 is 0 Å². The lowest BCUT2D eigenvalue weighted by Gasteiger charge is -2.26. The van der Waals surface area contributed by atoms with Gasteiger partial charge < -0.3 is 15.3 Å². The standard InChI is InChI=1S/C14H18N4O3/c15-9-11-3-4-13(14(8-11)18(20)21)17(6-7-19)10-12-2-1-5-16-12/h3-4,8,12,16,19H,1-2,5-7,10H2. The van der Waals surface area contributed by atoms with E-state index in [1.165, 1.54) is 6.07 Å². The third kappa shape index (κ3) is 3.68. The summed E-state index contributed by atoms with van der Waals surface area (Å²) in [4.78, 5) is 12.6. The van der Waals surface area contributed by atoms with E-state index in [4.69, 9.17) is 5.26 Å². The van der Waals surface area contributed by atoms with Gasteiger partial charge in [-0.1, -0.05) is 0 Å². The number of nitro benzene ring substituents is 1. The van der Waals surface area contributed by atoms with Crippen LogP contribution in [0.3, 0.4) is 0 Å². The van der Waals surface area contributed by atoms with E-state index >= 15 is 0 Å². The van der Waals surface area contributed by atoms with E-state index in [0.717, 1.165) is 19.4 Å². The predicted octanol–water partition coefficient (Wildman–Crippen LogP) is 1.02. The molecular weight excluding hydrogens is 272 g/mol. The summed E-state index contributed by atoms with van der Waals surface area (Å²) in [5.41, 5.74) is 0.607. The van der Waals surface area contributed by atoms with Gasteiger partial charge in [-0.25, -0.2) is 0 Å². The van der Waals surface area contributed by atoms with Gasteiger partial charge in [0.1, 0.15) is 5.69 Å². The molecule has 7 nitrogen and oxygen atoms in total. The Morgan fingerprint density at radius 3 is 2.95 bits per heavy atom. The molecular formula is C14H18N4O3. The number of rotatable bonds is 6. The van der Waals surface area contributed by atoms with Crippen LogP contribution in [0.2, 0.25) is 0 Å². The van der Waals surface area contributed by atoms with Crippen LogP contribution >= 0.6 is 0 Å². The SMILES string of the molecule is N#Cc1ccc(N(CCO)CC2CCCN2)c([N+](=O)[O-])c1. The van der Waals surface area contributed by atoms with E-state index in [2.05, 4.69) is 5.32 Å². The molecule has 1 aliphatic rings. The van der Waals surface area contributed by atoms with Crippen LogP contribution in [0.25, 0.3) is 0 Å². The van der Waals surface area contributed by atoms with Crippen molar-refractivity contribution in [3.63, 3.8) is 0 Å². The number of nitrogens with zero attached hydrogens (tertiary/aromatic N) is 3. The van der Waals surface area contributed by atoms with E-state index in [0.29, 0.717) is 18.8 Å². The van der Waals surface area contributed by atoms with Crippen LogP contribution in [0, 0.1) is 21.4 Å². The first-order chi connectivity index (χ1) is 10.2. The van der Waals surface area contributed by atoms with Crippen molar-refractivity contribution in [2.45, 2.75) is 18.9 Å². The van der Waals surface area contributed by atoms with Crippen LogP contribution in [-0.2, 0) is 0 Å². The largest absolute Gasteiger partial charge is 0.395 e. The van der Waals surface area contributed by atoms with Crippen molar-refractivity contribution in [2.75, 3.05) is 31.1 Å². The highest BCUT2D eigenvalue weighted by molar-refractivity contribution is 5.65.